The van der Waals surface area contributed by atoms with Crippen LogP contribution in [0.2, 0.25) is 6.55 Å². The molecule has 0 aromatic rings. The predicted molar refractivity (Wildman–Crippen MR) is 62.5 cm³/mol. The first kappa shape index (κ1) is 14.6. The summed E-state index contributed by atoms with van der Waals surface area (Å²) >= 11 is 0. The first-order valence-corrected chi connectivity index (χ1v) is 7.82. The van der Waals surface area contributed by atoms with Crippen molar-refractivity contribution in [2.24, 2.45) is 0 Å². The van der Waals surface area contributed by atoms with E-state index in [1.165, 1.54) is 0 Å². The minimum absolute atomic E-state index is 0.105. The third-order valence-electron chi connectivity index (χ3n) is 2.27. The van der Waals surface area contributed by atoms with Gasteiger partial charge in [-0.15, -0.1) is 0 Å². The zero-order valence-electron chi connectivity index (χ0n) is 10.5. The number of carbonyl (C=O) groups excluding carboxylic acids is 1. The Balaban J connectivity index is 4.52. The lowest BCUT2D eigenvalue weighted by Crippen LogP contribution is -2.56. The summed E-state index contributed by atoms with van der Waals surface area (Å²) in [7, 11) is -0.696. The maximum Gasteiger partial charge on any atom is 0.458 e. The maximum absolute atomic E-state index is 11.7. The second-order valence-corrected chi connectivity index (χ2v) is 6.51. The molecular formula is C10H23NO3Si. The molecule has 0 aliphatic heterocycles. The van der Waals surface area contributed by atoms with Crippen LogP contribution in [-0.2, 0) is 13.6 Å². The number of hydrogen-bond acceptors (Lipinski definition) is 3. The van der Waals surface area contributed by atoms with Crippen LogP contribution >= 0.6 is 0 Å². The Labute approximate surface area is 93.9 Å². The molecule has 0 unspecified atom stereocenters. The monoisotopic (exact) mass is 233 g/mol. The zero-order valence-corrected chi connectivity index (χ0v) is 11.5. The molecule has 15 heavy (non-hydrogen) atoms. The Hall–Kier alpha value is -0.393. The summed E-state index contributed by atoms with van der Waals surface area (Å²) in [5.41, 5.74) is 0. The lowest BCUT2D eigenvalue weighted by atomic mass is 10.3. The highest BCUT2D eigenvalue weighted by Crippen LogP contribution is 2.13. The Bertz CT molecular complexity index is 193. The van der Waals surface area contributed by atoms with Crippen molar-refractivity contribution in [2.75, 3.05) is 20.3 Å². The average molecular weight is 233 g/mol. The Morgan fingerprint density at radius 2 is 1.67 bits per heavy atom. The summed E-state index contributed by atoms with van der Waals surface area (Å²) in [6.45, 7) is 8.89. The van der Waals surface area contributed by atoms with Crippen molar-refractivity contribution >= 4 is 14.6 Å². The van der Waals surface area contributed by atoms with E-state index in [2.05, 4.69) is 0 Å². The van der Waals surface area contributed by atoms with E-state index in [0.717, 1.165) is 6.42 Å². The van der Waals surface area contributed by atoms with E-state index in [-0.39, 0.29) is 5.91 Å². The maximum atomic E-state index is 11.7. The van der Waals surface area contributed by atoms with Crippen LogP contribution in [0.3, 0.4) is 0 Å². The van der Waals surface area contributed by atoms with E-state index in [0.29, 0.717) is 19.6 Å². The fraction of sp³-hybridized carbons (Fsp3) is 0.900. The largest absolute Gasteiger partial charge is 0.458 e. The summed E-state index contributed by atoms with van der Waals surface area (Å²) in [5.74, 6) is 0.105. The van der Waals surface area contributed by atoms with Crippen LogP contribution in [0.15, 0.2) is 0 Å². The molecule has 0 radical (unpaired) electrons. The van der Waals surface area contributed by atoms with E-state index in [4.69, 9.17) is 8.85 Å². The highest BCUT2D eigenvalue weighted by molar-refractivity contribution is 6.65. The van der Waals surface area contributed by atoms with Gasteiger partial charge in [-0.3, -0.25) is 4.79 Å². The molecule has 0 aliphatic rings. The summed E-state index contributed by atoms with van der Waals surface area (Å²) in [4.78, 5) is 11.7. The topological polar surface area (TPSA) is 38.8 Å². The second kappa shape index (κ2) is 6.98. The van der Waals surface area contributed by atoms with Gasteiger partial charge < -0.3 is 13.4 Å². The molecule has 0 atom stereocenters. The van der Waals surface area contributed by atoms with E-state index in [1.807, 2.05) is 27.3 Å². The highest BCUT2D eigenvalue weighted by atomic mass is 28.4. The molecule has 0 aromatic carbocycles. The molecule has 0 saturated heterocycles. The quantitative estimate of drug-likeness (QED) is 0.630. The smallest absolute Gasteiger partial charge is 0.379 e. The normalized spacial score (nSPS) is 11.5. The van der Waals surface area contributed by atoms with E-state index < -0.39 is 8.72 Å². The molecule has 0 rings (SSSR count). The molecule has 4 nitrogen and oxygen atoms in total. The molecule has 0 N–H and O–H groups in total. The first-order chi connectivity index (χ1) is 7.01. The Morgan fingerprint density at radius 3 is 2.00 bits per heavy atom. The van der Waals surface area contributed by atoms with Crippen molar-refractivity contribution in [3.63, 3.8) is 0 Å². The number of nitrogens with zero attached hydrogens (tertiary/aromatic N) is 1. The Kier molecular flexibility index (Phi) is 6.79. The van der Waals surface area contributed by atoms with E-state index >= 15 is 0 Å². The third-order valence-corrected chi connectivity index (χ3v) is 5.39. The van der Waals surface area contributed by atoms with Crippen molar-refractivity contribution < 1.29 is 13.6 Å². The number of amides is 1. The van der Waals surface area contributed by atoms with Crippen LogP contribution < -0.4 is 0 Å². The Morgan fingerprint density at radius 1 is 1.20 bits per heavy atom. The molecule has 0 saturated carbocycles. The molecule has 0 fully saturated rings. The average Bonchev–Trinajstić information content (AvgIpc) is 2.17. The molecule has 1 amide bonds. The van der Waals surface area contributed by atoms with Crippen LogP contribution in [0.25, 0.3) is 0 Å². The highest BCUT2D eigenvalue weighted by Gasteiger charge is 2.39. The summed E-state index contributed by atoms with van der Waals surface area (Å²) in [6, 6.07) is 0. The molecule has 5 heteroatoms. The number of rotatable bonds is 7. The second-order valence-electron chi connectivity index (χ2n) is 3.47. The van der Waals surface area contributed by atoms with Gasteiger partial charge in [0.25, 0.3) is 0 Å². The molecule has 0 aromatic heterocycles. The van der Waals surface area contributed by atoms with Crippen molar-refractivity contribution in [3.05, 3.63) is 0 Å². The molecule has 0 spiro atoms. The third kappa shape index (κ3) is 4.32. The van der Waals surface area contributed by atoms with Crippen LogP contribution in [0, 0.1) is 0 Å². The predicted octanol–water partition coefficient (Wildman–Crippen LogP) is 1.89. The summed E-state index contributed by atoms with van der Waals surface area (Å²) in [5, 5.41) is 0. The lowest BCUT2D eigenvalue weighted by molar-refractivity contribution is -0.128. The lowest BCUT2D eigenvalue weighted by Gasteiger charge is -2.34. The zero-order chi connectivity index (χ0) is 11.9. The van der Waals surface area contributed by atoms with Crippen LogP contribution in [0.4, 0.5) is 0 Å². The number of carbonyl (C=O) groups is 1. The van der Waals surface area contributed by atoms with Gasteiger partial charge in [-0.25, -0.2) is 0 Å². The van der Waals surface area contributed by atoms with Crippen molar-refractivity contribution in [1.29, 1.82) is 0 Å². The summed E-state index contributed by atoms with van der Waals surface area (Å²) < 4.78 is 12.9. The van der Waals surface area contributed by atoms with E-state index in [9.17, 15) is 4.79 Å². The molecule has 90 valence electrons. The van der Waals surface area contributed by atoms with Gasteiger partial charge in [0.1, 0.15) is 0 Å². The van der Waals surface area contributed by atoms with Gasteiger partial charge >= 0.3 is 8.72 Å². The molecule has 0 bridgehead atoms. The first-order valence-electron chi connectivity index (χ1n) is 5.56. The van der Waals surface area contributed by atoms with Gasteiger partial charge in [-0.05, 0) is 26.8 Å². The van der Waals surface area contributed by atoms with Gasteiger partial charge in [-0.1, -0.05) is 6.92 Å². The molecule has 0 aliphatic carbocycles. The minimum atomic E-state index is -2.47. The molecular weight excluding hydrogens is 210 g/mol. The standard InChI is InChI=1S/C10H23NO3Si/c1-6-9-10(12)11(4)15(5,13-7-2)14-8-3/h6-9H2,1-5H3. The number of hydrogen-bond donors (Lipinski definition) is 0. The summed E-state index contributed by atoms with van der Waals surface area (Å²) in [6.07, 6.45) is 1.41. The van der Waals surface area contributed by atoms with Gasteiger partial charge in [0.05, 0.1) is 0 Å². The van der Waals surface area contributed by atoms with Gasteiger partial charge in [0.15, 0.2) is 0 Å². The van der Waals surface area contributed by atoms with Crippen LogP contribution in [0.5, 0.6) is 0 Å². The molecule has 0 heterocycles. The SMILES string of the molecule is CCCC(=O)N(C)[Si](C)(OCC)OCC. The van der Waals surface area contributed by atoms with Crippen molar-refractivity contribution in [3.8, 4) is 0 Å². The van der Waals surface area contributed by atoms with Crippen molar-refractivity contribution in [1.82, 2.24) is 4.57 Å². The van der Waals surface area contributed by atoms with Gasteiger partial charge in [0.2, 0.25) is 5.91 Å². The van der Waals surface area contributed by atoms with Crippen molar-refractivity contribution in [2.45, 2.75) is 40.2 Å². The van der Waals surface area contributed by atoms with Gasteiger partial charge in [0, 0.05) is 26.7 Å². The minimum Gasteiger partial charge on any atom is -0.379 e. The van der Waals surface area contributed by atoms with Crippen LogP contribution in [-0.4, -0.2) is 39.5 Å². The van der Waals surface area contributed by atoms with Crippen LogP contribution in [0.1, 0.15) is 33.6 Å². The van der Waals surface area contributed by atoms with E-state index in [1.54, 1.807) is 11.6 Å². The fourth-order valence-corrected chi connectivity index (χ4v) is 3.49. The fourth-order valence-electron chi connectivity index (χ4n) is 1.38. The van der Waals surface area contributed by atoms with Gasteiger partial charge in [-0.2, -0.15) is 0 Å².